The summed E-state index contributed by atoms with van der Waals surface area (Å²) >= 11 is 12.3. The van der Waals surface area contributed by atoms with E-state index in [1.807, 2.05) is 47.0 Å². The number of hydrogen-bond donors (Lipinski definition) is 0. The van der Waals surface area contributed by atoms with Gasteiger partial charge in [-0.05, 0) is 60.5 Å². The number of fused-ring (bicyclic) bond motifs is 1. The van der Waals surface area contributed by atoms with Gasteiger partial charge in [-0.25, -0.2) is 4.98 Å². The summed E-state index contributed by atoms with van der Waals surface area (Å²) in [5.41, 5.74) is 2.65. The fourth-order valence-corrected chi connectivity index (χ4v) is 2.74. The number of rotatable bonds is 5. The molecule has 0 spiro atoms. The van der Waals surface area contributed by atoms with Crippen LogP contribution >= 0.6 is 23.2 Å². The average molecular weight is 335 g/mol. The highest BCUT2D eigenvalue weighted by molar-refractivity contribution is 6.32. The molecule has 1 aromatic heterocycles. The maximum Gasteiger partial charge on any atom is 0.208 e. The fraction of sp³-hybridized carbons (Fsp3) is 0.235. The zero-order valence-corrected chi connectivity index (χ0v) is 13.7. The van der Waals surface area contributed by atoms with Gasteiger partial charge in [0.1, 0.15) is 5.75 Å². The third kappa shape index (κ3) is 3.06. The maximum absolute atomic E-state index is 6.27. The molecule has 0 saturated heterocycles. The Morgan fingerprint density at radius 2 is 1.86 bits per heavy atom. The lowest BCUT2D eigenvalue weighted by atomic mass is 10.2. The van der Waals surface area contributed by atoms with E-state index in [0.29, 0.717) is 10.3 Å². The normalized spacial score (nSPS) is 11.0. The van der Waals surface area contributed by atoms with Crippen molar-refractivity contribution >= 4 is 34.2 Å². The first-order valence-corrected chi connectivity index (χ1v) is 8.01. The Balaban J connectivity index is 1.92. The van der Waals surface area contributed by atoms with Gasteiger partial charge in [-0.15, -0.1) is 0 Å². The molecule has 0 amide bonds. The fourth-order valence-electron chi connectivity index (χ4n) is 2.30. The van der Waals surface area contributed by atoms with Gasteiger partial charge < -0.3 is 4.74 Å². The van der Waals surface area contributed by atoms with Crippen LogP contribution in [-0.4, -0.2) is 16.2 Å². The van der Waals surface area contributed by atoms with E-state index in [2.05, 4.69) is 11.9 Å². The van der Waals surface area contributed by atoms with E-state index in [0.717, 1.165) is 41.9 Å². The Morgan fingerprint density at radius 3 is 2.59 bits per heavy atom. The van der Waals surface area contributed by atoms with Gasteiger partial charge in [0.2, 0.25) is 5.28 Å². The SMILES string of the molecule is CCCCOc1ccc(-n2c(Cl)nc3cc(Cl)ccc32)cc1. The lowest BCUT2D eigenvalue weighted by Gasteiger charge is -2.09. The van der Waals surface area contributed by atoms with E-state index in [-0.39, 0.29) is 0 Å². The third-order valence-electron chi connectivity index (χ3n) is 3.44. The molecule has 0 unspecified atom stereocenters. The average Bonchev–Trinajstić information content (AvgIpc) is 2.83. The molecule has 0 aliphatic carbocycles. The van der Waals surface area contributed by atoms with Crippen LogP contribution in [0.4, 0.5) is 0 Å². The summed E-state index contributed by atoms with van der Waals surface area (Å²) in [6, 6.07) is 13.4. The van der Waals surface area contributed by atoms with E-state index >= 15 is 0 Å². The molecule has 0 atom stereocenters. The van der Waals surface area contributed by atoms with Crippen molar-refractivity contribution in [3.8, 4) is 11.4 Å². The van der Waals surface area contributed by atoms with Crippen LogP contribution in [0.5, 0.6) is 5.75 Å². The molecule has 0 aliphatic heterocycles. The molecule has 3 aromatic rings. The largest absolute Gasteiger partial charge is 0.494 e. The van der Waals surface area contributed by atoms with Crippen LogP contribution in [0.1, 0.15) is 19.8 Å². The molecule has 5 heteroatoms. The van der Waals surface area contributed by atoms with Crippen LogP contribution in [0.3, 0.4) is 0 Å². The van der Waals surface area contributed by atoms with Gasteiger partial charge in [0.05, 0.1) is 17.6 Å². The number of halogens is 2. The highest BCUT2D eigenvalue weighted by Gasteiger charge is 2.11. The predicted molar refractivity (Wildman–Crippen MR) is 91.5 cm³/mol. The molecular weight excluding hydrogens is 319 g/mol. The third-order valence-corrected chi connectivity index (χ3v) is 3.93. The van der Waals surface area contributed by atoms with Crippen molar-refractivity contribution in [2.75, 3.05) is 6.61 Å². The minimum absolute atomic E-state index is 0.414. The van der Waals surface area contributed by atoms with Crippen LogP contribution in [0.25, 0.3) is 16.7 Å². The number of hydrogen-bond acceptors (Lipinski definition) is 2. The molecule has 1 heterocycles. The zero-order chi connectivity index (χ0) is 15.5. The van der Waals surface area contributed by atoms with Gasteiger partial charge in [-0.3, -0.25) is 4.57 Å². The summed E-state index contributed by atoms with van der Waals surface area (Å²) in [4.78, 5) is 4.35. The molecule has 0 N–H and O–H groups in total. The zero-order valence-electron chi connectivity index (χ0n) is 12.2. The Hall–Kier alpha value is -1.71. The molecular formula is C17H16Cl2N2O. The van der Waals surface area contributed by atoms with Gasteiger partial charge in [0, 0.05) is 10.7 Å². The molecule has 3 nitrogen and oxygen atoms in total. The molecule has 2 aromatic carbocycles. The Kier molecular flexibility index (Phi) is 4.55. The molecule has 0 fully saturated rings. The number of aromatic nitrogens is 2. The summed E-state index contributed by atoms with van der Waals surface area (Å²) in [5, 5.41) is 1.06. The predicted octanol–water partition coefficient (Wildman–Crippen LogP) is 5.51. The summed E-state index contributed by atoms with van der Waals surface area (Å²) in [6.07, 6.45) is 2.18. The Morgan fingerprint density at radius 1 is 1.09 bits per heavy atom. The standard InChI is InChI=1S/C17H16Cl2N2O/c1-2-3-10-22-14-7-5-13(6-8-14)21-16-9-4-12(18)11-15(16)20-17(21)19/h4-9,11H,2-3,10H2,1H3. The van der Waals surface area contributed by atoms with Gasteiger partial charge in [-0.2, -0.15) is 0 Å². The molecule has 0 bridgehead atoms. The smallest absolute Gasteiger partial charge is 0.208 e. The topological polar surface area (TPSA) is 27.1 Å². The van der Waals surface area contributed by atoms with Crippen LogP contribution in [-0.2, 0) is 0 Å². The van der Waals surface area contributed by atoms with E-state index in [1.165, 1.54) is 0 Å². The Labute approximate surface area is 139 Å². The second-order valence-corrected chi connectivity index (χ2v) is 5.82. The number of ether oxygens (including phenoxy) is 1. The van der Waals surface area contributed by atoms with Crippen molar-refractivity contribution < 1.29 is 4.74 Å². The van der Waals surface area contributed by atoms with Crippen molar-refractivity contribution in [3.05, 3.63) is 52.8 Å². The summed E-state index contributed by atoms with van der Waals surface area (Å²) in [7, 11) is 0. The van der Waals surface area contributed by atoms with Crippen LogP contribution in [0.2, 0.25) is 10.3 Å². The molecule has 3 rings (SSSR count). The first-order chi connectivity index (χ1) is 10.7. The number of nitrogens with zero attached hydrogens (tertiary/aromatic N) is 2. The quantitative estimate of drug-likeness (QED) is 0.575. The highest BCUT2D eigenvalue weighted by atomic mass is 35.5. The van der Waals surface area contributed by atoms with Gasteiger partial charge in [0.15, 0.2) is 0 Å². The minimum Gasteiger partial charge on any atom is -0.494 e. The lowest BCUT2D eigenvalue weighted by molar-refractivity contribution is 0.309. The summed E-state index contributed by atoms with van der Waals surface area (Å²) in [5.74, 6) is 0.862. The molecule has 0 saturated carbocycles. The van der Waals surface area contributed by atoms with Gasteiger partial charge in [-0.1, -0.05) is 24.9 Å². The van der Waals surface area contributed by atoms with Crippen molar-refractivity contribution in [1.82, 2.24) is 9.55 Å². The van der Waals surface area contributed by atoms with E-state index < -0.39 is 0 Å². The van der Waals surface area contributed by atoms with E-state index in [4.69, 9.17) is 27.9 Å². The number of imidazole rings is 1. The van der Waals surface area contributed by atoms with Crippen molar-refractivity contribution in [3.63, 3.8) is 0 Å². The summed E-state index contributed by atoms with van der Waals surface area (Å²) in [6.45, 7) is 2.88. The van der Waals surface area contributed by atoms with E-state index in [9.17, 15) is 0 Å². The minimum atomic E-state index is 0.414. The van der Waals surface area contributed by atoms with Gasteiger partial charge in [0.25, 0.3) is 0 Å². The van der Waals surface area contributed by atoms with Gasteiger partial charge >= 0.3 is 0 Å². The van der Waals surface area contributed by atoms with Crippen molar-refractivity contribution in [2.24, 2.45) is 0 Å². The number of benzene rings is 2. The van der Waals surface area contributed by atoms with Crippen LogP contribution in [0, 0.1) is 0 Å². The first kappa shape index (κ1) is 15.2. The summed E-state index contributed by atoms with van der Waals surface area (Å²) < 4.78 is 7.57. The molecule has 0 radical (unpaired) electrons. The second-order valence-electron chi connectivity index (χ2n) is 5.05. The number of unbranched alkanes of at least 4 members (excludes halogenated alkanes) is 1. The monoisotopic (exact) mass is 334 g/mol. The highest BCUT2D eigenvalue weighted by Crippen LogP contribution is 2.27. The van der Waals surface area contributed by atoms with Crippen molar-refractivity contribution in [2.45, 2.75) is 19.8 Å². The Bertz CT molecular complexity index is 781. The molecule has 114 valence electrons. The van der Waals surface area contributed by atoms with Crippen molar-refractivity contribution in [1.29, 1.82) is 0 Å². The lowest BCUT2D eigenvalue weighted by Crippen LogP contribution is -1.98. The maximum atomic E-state index is 6.27. The molecule has 22 heavy (non-hydrogen) atoms. The van der Waals surface area contributed by atoms with Crippen LogP contribution in [0.15, 0.2) is 42.5 Å². The first-order valence-electron chi connectivity index (χ1n) is 7.26. The van der Waals surface area contributed by atoms with Crippen LogP contribution < -0.4 is 4.74 Å². The van der Waals surface area contributed by atoms with E-state index in [1.54, 1.807) is 0 Å². The second kappa shape index (κ2) is 6.59. The molecule has 0 aliphatic rings.